The lowest BCUT2D eigenvalue weighted by atomic mass is 10.1. The Morgan fingerprint density at radius 1 is 1.38 bits per heavy atom. The van der Waals surface area contributed by atoms with Gasteiger partial charge in [-0.25, -0.2) is 0 Å². The lowest BCUT2D eigenvalue weighted by Gasteiger charge is -2.27. The zero-order valence-electron chi connectivity index (χ0n) is 7.73. The summed E-state index contributed by atoms with van der Waals surface area (Å²) in [4.78, 5) is 0. The predicted octanol–water partition coefficient (Wildman–Crippen LogP) is 2.35. The summed E-state index contributed by atoms with van der Waals surface area (Å²) in [6.45, 7) is 3.67. The Morgan fingerprint density at radius 2 is 2.15 bits per heavy atom. The zero-order chi connectivity index (χ0) is 9.10. The average Bonchev–Trinajstić information content (AvgIpc) is 2.71. The second-order valence-corrected chi connectivity index (χ2v) is 3.29. The van der Waals surface area contributed by atoms with Crippen LogP contribution in [0.2, 0.25) is 0 Å². The van der Waals surface area contributed by atoms with Crippen molar-refractivity contribution < 1.29 is 13.9 Å². The number of hydrogen-bond donors (Lipinski definition) is 0. The molecular formula is C10H14O3. The fourth-order valence-corrected chi connectivity index (χ4v) is 1.37. The number of furan rings is 1. The van der Waals surface area contributed by atoms with Gasteiger partial charge in [0.05, 0.1) is 19.5 Å². The van der Waals surface area contributed by atoms with E-state index in [9.17, 15) is 0 Å². The van der Waals surface area contributed by atoms with Crippen LogP contribution in [0.1, 0.15) is 25.4 Å². The van der Waals surface area contributed by atoms with Crippen LogP contribution < -0.4 is 0 Å². The first-order chi connectivity index (χ1) is 6.40. The summed E-state index contributed by atoms with van der Waals surface area (Å²) < 4.78 is 16.2. The van der Waals surface area contributed by atoms with Crippen LogP contribution in [0.5, 0.6) is 0 Å². The molecule has 2 rings (SSSR count). The molecule has 1 saturated heterocycles. The van der Waals surface area contributed by atoms with Crippen molar-refractivity contribution in [3.8, 4) is 0 Å². The summed E-state index contributed by atoms with van der Waals surface area (Å²) in [5, 5.41) is 0. The summed E-state index contributed by atoms with van der Waals surface area (Å²) in [6, 6.07) is 3.71. The van der Waals surface area contributed by atoms with Crippen molar-refractivity contribution in [1.29, 1.82) is 0 Å². The third-order valence-corrected chi connectivity index (χ3v) is 2.32. The highest BCUT2D eigenvalue weighted by molar-refractivity contribution is 5.00. The molecule has 1 fully saturated rings. The molecule has 0 spiro atoms. The van der Waals surface area contributed by atoms with E-state index in [2.05, 4.69) is 6.92 Å². The second-order valence-electron chi connectivity index (χ2n) is 3.29. The maximum absolute atomic E-state index is 5.51. The van der Waals surface area contributed by atoms with Crippen LogP contribution in [0.15, 0.2) is 22.8 Å². The zero-order valence-corrected chi connectivity index (χ0v) is 7.73. The summed E-state index contributed by atoms with van der Waals surface area (Å²) in [6.07, 6.45) is 2.44. The van der Waals surface area contributed by atoms with Crippen LogP contribution >= 0.6 is 0 Å². The van der Waals surface area contributed by atoms with Gasteiger partial charge >= 0.3 is 0 Å². The normalized spacial score (nSPS) is 29.0. The van der Waals surface area contributed by atoms with Crippen molar-refractivity contribution in [2.24, 2.45) is 5.92 Å². The van der Waals surface area contributed by atoms with Crippen LogP contribution in [-0.4, -0.2) is 13.2 Å². The Hall–Kier alpha value is -0.800. The molecule has 0 radical (unpaired) electrons. The molecule has 0 saturated carbocycles. The molecule has 1 aromatic rings. The first kappa shape index (κ1) is 8.78. The highest BCUT2D eigenvalue weighted by Gasteiger charge is 2.23. The highest BCUT2D eigenvalue weighted by Crippen LogP contribution is 2.25. The van der Waals surface area contributed by atoms with Crippen molar-refractivity contribution in [3.63, 3.8) is 0 Å². The molecule has 0 unspecified atom stereocenters. The molecule has 0 amide bonds. The quantitative estimate of drug-likeness (QED) is 0.703. The van der Waals surface area contributed by atoms with E-state index in [1.165, 1.54) is 0 Å². The first-order valence-electron chi connectivity index (χ1n) is 4.66. The van der Waals surface area contributed by atoms with Gasteiger partial charge in [0.1, 0.15) is 0 Å². The predicted molar refractivity (Wildman–Crippen MR) is 47.1 cm³/mol. The minimum atomic E-state index is -0.294. The Morgan fingerprint density at radius 3 is 2.69 bits per heavy atom. The van der Waals surface area contributed by atoms with Gasteiger partial charge in [0.2, 0.25) is 6.29 Å². The molecule has 3 heteroatoms. The summed E-state index contributed by atoms with van der Waals surface area (Å²) in [5.41, 5.74) is 0. The Balaban J connectivity index is 1.92. The van der Waals surface area contributed by atoms with Gasteiger partial charge in [0.25, 0.3) is 0 Å². The van der Waals surface area contributed by atoms with Gasteiger partial charge in [0, 0.05) is 5.92 Å². The fraction of sp³-hybridized carbons (Fsp3) is 0.600. The fourth-order valence-electron chi connectivity index (χ4n) is 1.37. The highest BCUT2D eigenvalue weighted by atomic mass is 16.7. The smallest absolute Gasteiger partial charge is 0.217 e. The van der Waals surface area contributed by atoms with Crippen LogP contribution in [-0.2, 0) is 9.47 Å². The standard InChI is InChI=1S/C10H14O3/c1-2-8-6-12-10(13-7-8)9-4-3-5-11-9/h3-5,8,10H,2,6-7H2,1H3. The molecule has 13 heavy (non-hydrogen) atoms. The Kier molecular flexibility index (Phi) is 2.66. The van der Waals surface area contributed by atoms with E-state index < -0.39 is 0 Å². The van der Waals surface area contributed by atoms with Gasteiger partial charge in [-0.15, -0.1) is 0 Å². The van der Waals surface area contributed by atoms with Gasteiger partial charge < -0.3 is 13.9 Å². The summed E-state index contributed by atoms with van der Waals surface area (Å²) in [5.74, 6) is 1.29. The van der Waals surface area contributed by atoms with E-state index in [1.807, 2.05) is 12.1 Å². The van der Waals surface area contributed by atoms with Gasteiger partial charge in [-0.05, 0) is 18.6 Å². The van der Waals surface area contributed by atoms with Crippen LogP contribution in [0.25, 0.3) is 0 Å². The number of hydrogen-bond acceptors (Lipinski definition) is 3. The van der Waals surface area contributed by atoms with Gasteiger partial charge in [-0.1, -0.05) is 6.92 Å². The molecule has 72 valence electrons. The van der Waals surface area contributed by atoms with E-state index in [4.69, 9.17) is 13.9 Å². The van der Waals surface area contributed by atoms with E-state index in [0.29, 0.717) is 5.92 Å². The number of ether oxygens (including phenoxy) is 2. The molecule has 3 nitrogen and oxygen atoms in total. The van der Waals surface area contributed by atoms with Crippen molar-refractivity contribution in [2.75, 3.05) is 13.2 Å². The van der Waals surface area contributed by atoms with Crippen molar-refractivity contribution in [1.82, 2.24) is 0 Å². The maximum Gasteiger partial charge on any atom is 0.217 e. The third kappa shape index (κ3) is 1.92. The molecule has 1 aromatic heterocycles. The molecule has 1 aliphatic rings. The summed E-state index contributed by atoms with van der Waals surface area (Å²) >= 11 is 0. The Labute approximate surface area is 77.6 Å². The van der Waals surface area contributed by atoms with Crippen LogP contribution in [0.3, 0.4) is 0 Å². The van der Waals surface area contributed by atoms with Gasteiger partial charge in [0.15, 0.2) is 5.76 Å². The van der Waals surface area contributed by atoms with E-state index in [-0.39, 0.29) is 6.29 Å². The molecule has 0 atom stereocenters. The lowest BCUT2D eigenvalue weighted by Crippen LogP contribution is -2.26. The minimum absolute atomic E-state index is 0.294. The number of rotatable bonds is 2. The van der Waals surface area contributed by atoms with Gasteiger partial charge in [-0.2, -0.15) is 0 Å². The largest absolute Gasteiger partial charge is 0.464 e. The van der Waals surface area contributed by atoms with Crippen molar-refractivity contribution >= 4 is 0 Å². The van der Waals surface area contributed by atoms with E-state index >= 15 is 0 Å². The molecule has 2 heterocycles. The molecular weight excluding hydrogens is 168 g/mol. The molecule has 1 aliphatic heterocycles. The van der Waals surface area contributed by atoms with Gasteiger partial charge in [-0.3, -0.25) is 0 Å². The van der Waals surface area contributed by atoms with Crippen molar-refractivity contribution in [2.45, 2.75) is 19.6 Å². The molecule has 0 aliphatic carbocycles. The first-order valence-corrected chi connectivity index (χ1v) is 4.66. The van der Waals surface area contributed by atoms with E-state index in [1.54, 1.807) is 6.26 Å². The van der Waals surface area contributed by atoms with Crippen LogP contribution in [0.4, 0.5) is 0 Å². The Bertz CT molecular complexity index is 235. The molecule has 0 bridgehead atoms. The summed E-state index contributed by atoms with van der Waals surface area (Å²) in [7, 11) is 0. The topological polar surface area (TPSA) is 31.6 Å². The second kappa shape index (κ2) is 3.94. The van der Waals surface area contributed by atoms with E-state index in [0.717, 1.165) is 25.4 Å². The lowest BCUT2D eigenvalue weighted by molar-refractivity contribution is -0.213. The van der Waals surface area contributed by atoms with Crippen molar-refractivity contribution in [3.05, 3.63) is 24.2 Å². The SMILES string of the molecule is CCC1COC(c2ccco2)OC1. The molecule has 0 N–H and O–H groups in total. The monoisotopic (exact) mass is 182 g/mol. The minimum Gasteiger partial charge on any atom is -0.464 e. The van der Waals surface area contributed by atoms with Crippen LogP contribution in [0, 0.1) is 5.92 Å². The average molecular weight is 182 g/mol. The molecule has 0 aromatic carbocycles. The third-order valence-electron chi connectivity index (χ3n) is 2.32. The maximum atomic E-state index is 5.51.